The highest BCUT2D eigenvalue weighted by Crippen LogP contribution is 2.39. The summed E-state index contributed by atoms with van der Waals surface area (Å²) >= 11 is 0. The lowest BCUT2D eigenvalue weighted by molar-refractivity contribution is 0.127. The Labute approximate surface area is 50.4 Å². The molecular weight excluding hydrogens is 100 g/mol. The molecule has 2 heteroatoms. The van der Waals surface area contributed by atoms with E-state index in [4.69, 9.17) is 5.84 Å². The molecule has 0 aliphatic heterocycles. The minimum Gasteiger partial charge on any atom is -0.271 e. The minimum absolute atomic E-state index is 0.553. The van der Waals surface area contributed by atoms with Crippen molar-refractivity contribution in [2.24, 2.45) is 11.3 Å². The van der Waals surface area contributed by atoms with E-state index >= 15 is 0 Å². The number of rotatable bonds is 1. The lowest BCUT2D eigenvalue weighted by Gasteiger charge is -2.41. The maximum Gasteiger partial charge on any atom is 0.0220 e. The van der Waals surface area contributed by atoms with Crippen molar-refractivity contribution in [3.05, 3.63) is 0 Å². The third-order valence-corrected chi connectivity index (χ3v) is 1.83. The Balaban J connectivity index is 2.21. The molecule has 1 saturated carbocycles. The normalized spacial score (nSPS) is 27.4. The Morgan fingerprint density at radius 1 is 1.50 bits per heavy atom. The van der Waals surface area contributed by atoms with Crippen LogP contribution in [0, 0.1) is 5.41 Å². The predicted octanol–water partition coefficient (Wildman–Crippen LogP) is 0.638. The molecule has 0 saturated heterocycles. The van der Waals surface area contributed by atoms with Crippen molar-refractivity contribution in [3.63, 3.8) is 0 Å². The molecule has 1 aliphatic rings. The highest BCUT2D eigenvalue weighted by molar-refractivity contribution is 4.89. The fourth-order valence-corrected chi connectivity index (χ4v) is 1.39. The molecule has 0 radical (unpaired) electrons. The zero-order valence-corrected chi connectivity index (χ0v) is 5.57. The molecule has 0 aromatic rings. The number of hydrogen-bond acceptors (Lipinski definition) is 2. The number of nitrogens with two attached hydrogens (primary N) is 1. The molecule has 0 unspecified atom stereocenters. The first-order valence-electron chi connectivity index (χ1n) is 3.10. The van der Waals surface area contributed by atoms with Gasteiger partial charge in [0.1, 0.15) is 0 Å². The summed E-state index contributed by atoms with van der Waals surface area (Å²) in [4.78, 5) is 0. The van der Waals surface area contributed by atoms with E-state index in [0.717, 1.165) is 0 Å². The Morgan fingerprint density at radius 2 is 2.00 bits per heavy atom. The minimum atomic E-state index is 0.553. The first-order chi connectivity index (χ1) is 3.64. The van der Waals surface area contributed by atoms with Gasteiger partial charge in [0, 0.05) is 6.04 Å². The first-order valence-corrected chi connectivity index (χ1v) is 3.10. The van der Waals surface area contributed by atoms with Gasteiger partial charge in [0.15, 0.2) is 0 Å². The van der Waals surface area contributed by atoms with E-state index in [0.29, 0.717) is 11.5 Å². The van der Waals surface area contributed by atoms with Gasteiger partial charge in [-0.3, -0.25) is 11.3 Å². The highest BCUT2D eigenvalue weighted by atomic mass is 15.2. The molecule has 2 nitrogen and oxygen atoms in total. The average Bonchev–Trinajstić information content (AvgIpc) is 1.60. The monoisotopic (exact) mass is 114 g/mol. The fraction of sp³-hybridized carbons (Fsp3) is 1.00. The van der Waals surface area contributed by atoms with Crippen molar-refractivity contribution in [2.45, 2.75) is 32.7 Å². The molecule has 0 atom stereocenters. The van der Waals surface area contributed by atoms with Crippen LogP contribution in [-0.4, -0.2) is 6.04 Å². The maximum atomic E-state index is 5.20. The van der Waals surface area contributed by atoms with E-state index in [1.165, 1.54) is 12.8 Å². The second kappa shape index (κ2) is 1.71. The number of hydrazine groups is 1. The molecule has 1 fully saturated rings. The molecule has 48 valence electrons. The van der Waals surface area contributed by atoms with Gasteiger partial charge in [-0.15, -0.1) is 0 Å². The van der Waals surface area contributed by atoms with Crippen LogP contribution < -0.4 is 11.3 Å². The predicted molar refractivity (Wildman–Crippen MR) is 34.1 cm³/mol. The second-order valence-corrected chi connectivity index (χ2v) is 3.44. The van der Waals surface area contributed by atoms with Gasteiger partial charge in [-0.2, -0.15) is 0 Å². The molecule has 0 aromatic heterocycles. The Hall–Kier alpha value is -0.0800. The third-order valence-electron chi connectivity index (χ3n) is 1.83. The van der Waals surface area contributed by atoms with Gasteiger partial charge in [0.2, 0.25) is 0 Å². The van der Waals surface area contributed by atoms with Crippen LogP contribution in [0.5, 0.6) is 0 Å². The van der Waals surface area contributed by atoms with Gasteiger partial charge in [-0.1, -0.05) is 13.8 Å². The summed E-state index contributed by atoms with van der Waals surface area (Å²) in [6, 6.07) is 0.588. The summed E-state index contributed by atoms with van der Waals surface area (Å²) in [5, 5.41) is 0. The molecule has 0 heterocycles. The van der Waals surface area contributed by atoms with Crippen LogP contribution in [0.4, 0.5) is 0 Å². The van der Waals surface area contributed by atoms with E-state index in [1.807, 2.05) is 0 Å². The lowest BCUT2D eigenvalue weighted by Crippen LogP contribution is -2.48. The molecule has 8 heavy (non-hydrogen) atoms. The van der Waals surface area contributed by atoms with Crippen LogP contribution in [0.15, 0.2) is 0 Å². The van der Waals surface area contributed by atoms with Crippen LogP contribution >= 0.6 is 0 Å². The molecule has 0 amide bonds. The molecular formula is C6H14N2. The number of nitrogens with one attached hydrogen (secondary N) is 1. The quantitative estimate of drug-likeness (QED) is 0.388. The molecule has 3 N–H and O–H groups in total. The van der Waals surface area contributed by atoms with Crippen molar-refractivity contribution >= 4 is 0 Å². The van der Waals surface area contributed by atoms with Crippen LogP contribution in [-0.2, 0) is 0 Å². The average molecular weight is 114 g/mol. The zero-order valence-electron chi connectivity index (χ0n) is 5.57. The Kier molecular flexibility index (Phi) is 1.29. The van der Waals surface area contributed by atoms with Crippen molar-refractivity contribution in [1.29, 1.82) is 0 Å². The van der Waals surface area contributed by atoms with E-state index < -0.39 is 0 Å². The maximum absolute atomic E-state index is 5.20. The number of hydrogen-bond donors (Lipinski definition) is 2. The van der Waals surface area contributed by atoms with Crippen LogP contribution in [0.25, 0.3) is 0 Å². The van der Waals surface area contributed by atoms with E-state index in [-0.39, 0.29) is 0 Å². The van der Waals surface area contributed by atoms with Gasteiger partial charge in [-0.05, 0) is 18.3 Å². The van der Waals surface area contributed by atoms with Gasteiger partial charge in [-0.25, -0.2) is 0 Å². The summed E-state index contributed by atoms with van der Waals surface area (Å²) in [7, 11) is 0. The topological polar surface area (TPSA) is 38.0 Å². The molecule has 0 bridgehead atoms. The standard InChI is InChI=1S/C6H14N2/c1-6(2)3-5(4-6)8-7/h5,8H,3-4,7H2,1-2H3. The van der Waals surface area contributed by atoms with Crippen molar-refractivity contribution in [1.82, 2.24) is 5.43 Å². The summed E-state index contributed by atoms with van der Waals surface area (Å²) < 4.78 is 0. The van der Waals surface area contributed by atoms with Crippen molar-refractivity contribution in [2.75, 3.05) is 0 Å². The fourth-order valence-electron chi connectivity index (χ4n) is 1.39. The molecule has 0 aromatic carbocycles. The Bertz CT molecular complexity index is 80.5. The van der Waals surface area contributed by atoms with E-state index in [9.17, 15) is 0 Å². The van der Waals surface area contributed by atoms with E-state index in [1.54, 1.807) is 0 Å². The highest BCUT2D eigenvalue weighted by Gasteiger charge is 2.34. The SMILES string of the molecule is CC1(C)CC(NN)C1. The summed E-state index contributed by atoms with van der Waals surface area (Å²) in [6.45, 7) is 4.53. The van der Waals surface area contributed by atoms with Gasteiger partial charge in [0.05, 0.1) is 0 Å². The van der Waals surface area contributed by atoms with Crippen LogP contribution in [0.2, 0.25) is 0 Å². The van der Waals surface area contributed by atoms with Gasteiger partial charge >= 0.3 is 0 Å². The lowest BCUT2D eigenvalue weighted by atomic mass is 9.69. The second-order valence-electron chi connectivity index (χ2n) is 3.44. The molecule has 1 rings (SSSR count). The molecule has 1 aliphatic carbocycles. The summed E-state index contributed by atoms with van der Waals surface area (Å²) in [5.74, 6) is 5.20. The zero-order chi connectivity index (χ0) is 6.20. The van der Waals surface area contributed by atoms with Crippen LogP contribution in [0.1, 0.15) is 26.7 Å². The summed E-state index contributed by atoms with van der Waals surface area (Å²) in [5.41, 5.74) is 3.31. The van der Waals surface area contributed by atoms with Crippen molar-refractivity contribution in [3.8, 4) is 0 Å². The molecule has 0 spiro atoms. The van der Waals surface area contributed by atoms with E-state index in [2.05, 4.69) is 19.3 Å². The Morgan fingerprint density at radius 3 is 2.12 bits per heavy atom. The van der Waals surface area contributed by atoms with Gasteiger partial charge < -0.3 is 0 Å². The smallest absolute Gasteiger partial charge is 0.0220 e. The van der Waals surface area contributed by atoms with Crippen LogP contribution in [0.3, 0.4) is 0 Å². The van der Waals surface area contributed by atoms with Crippen molar-refractivity contribution < 1.29 is 0 Å². The third kappa shape index (κ3) is 1.01. The largest absolute Gasteiger partial charge is 0.271 e. The summed E-state index contributed by atoms with van der Waals surface area (Å²) in [6.07, 6.45) is 2.45. The van der Waals surface area contributed by atoms with Gasteiger partial charge in [0.25, 0.3) is 0 Å². The first kappa shape index (κ1) is 6.05.